The minimum absolute atomic E-state index is 0.0989. The lowest BCUT2D eigenvalue weighted by atomic mass is 10.1. The van der Waals surface area contributed by atoms with Gasteiger partial charge in [-0.15, -0.1) is 0 Å². The zero-order valence-corrected chi connectivity index (χ0v) is 12.7. The number of nitro benzene ring substituents is 1. The van der Waals surface area contributed by atoms with Gasteiger partial charge in [-0.1, -0.05) is 13.8 Å². The topological polar surface area (TPSA) is 69.8 Å². The Balaban J connectivity index is 2.24. The van der Waals surface area contributed by atoms with E-state index in [1.807, 2.05) is 0 Å². The average Bonchev–Trinajstić information content (AvgIpc) is 2.97. The van der Waals surface area contributed by atoms with Gasteiger partial charge in [-0.3, -0.25) is 15.0 Å². The van der Waals surface area contributed by atoms with E-state index in [0.717, 1.165) is 32.6 Å². The molecule has 0 saturated carbocycles. The Bertz CT molecular complexity index is 503. The molecule has 0 bridgehead atoms. The van der Waals surface area contributed by atoms with E-state index in [9.17, 15) is 15.2 Å². The summed E-state index contributed by atoms with van der Waals surface area (Å²) in [6, 6.07) is 5.28. The van der Waals surface area contributed by atoms with E-state index in [4.69, 9.17) is 0 Å². The van der Waals surface area contributed by atoms with Crippen molar-refractivity contribution < 1.29 is 10.0 Å². The molecule has 2 rings (SSSR count). The second kappa shape index (κ2) is 6.87. The average molecular weight is 293 g/mol. The number of aliphatic hydroxyl groups is 1. The summed E-state index contributed by atoms with van der Waals surface area (Å²) < 4.78 is 0. The summed E-state index contributed by atoms with van der Waals surface area (Å²) in [7, 11) is 0. The first-order valence-corrected chi connectivity index (χ1v) is 7.47. The molecule has 1 aliphatic heterocycles. The summed E-state index contributed by atoms with van der Waals surface area (Å²) >= 11 is 0. The molecule has 1 atom stereocenters. The molecule has 0 radical (unpaired) electrons. The van der Waals surface area contributed by atoms with Gasteiger partial charge in [-0.25, -0.2) is 0 Å². The Morgan fingerprint density at radius 3 is 2.71 bits per heavy atom. The molecule has 116 valence electrons. The first kappa shape index (κ1) is 15.7. The van der Waals surface area contributed by atoms with Gasteiger partial charge in [-0.2, -0.15) is 0 Å². The summed E-state index contributed by atoms with van der Waals surface area (Å²) in [6.45, 7) is 7.79. The third kappa shape index (κ3) is 3.33. The summed E-state index contributed by atoms with van der Waals surface area (Å²) in [6.07, 6.45) is 1.02. The molecule has 1 N–H and O–H groups in total. The Morgan fingerprint density at radius 2 is 2.14 bits per heavy atom. The van der Waals surface area contributed by atoms with E-state index in [1.54, 1.807) is 12.1 Å². The number of nitro groups is 1. The molecule has 1 fully saturated rings. The highest BCUT2D eigenvalue weighted by Gasteiger charge is 2.30. The van der Waals surface area contributed by atoms with Gasteiger partial charge in [0.2, 0.25) is 0 Å². The number of hydrogen-bond acceptors (Lipinski definition) is 5. The van der Waals surface area contributed by atoms with Crippen LogP contribution in [0.5, 0.6) is 0 Å². The molecule has 1 aromatic carbocycles. The zero-order valence-electron chi connectivity index (χ0n) is 12.7. The number of hydrogen-bond donors (Lipinski definition) is 1. The Morgan fingerprint density at radius 1 is 1.43 bits per heavy atom. The summed E-state index contributed by atoms with van der Waals surface area (Å²) in [4.78, 5) is 15.3. The fourth-order valence-corrected chi connectivity index (χ4v) is 3.07. The van der Waals surface area contributed by atoms with E-state index >= 15 is 0 Å². The van der Waals surface area contributed by atoms with Crippen LogP contribution in [0.15, 0.2) is 18.2 Å². The molecule has 1 saturated heterocycles. The maximum absolute atomic E-state index is 11.2. The molecule has 0 aromatic heterocycles. The summed E-state index contributed by atoms with van der Waals surface area (Å²) in [5.41, 5.74) is 1.45. The fraction of sp³-hybridized carbons (Fsp3) is 0.600. The van der Waals surface area contributed by atoms with Crippen LogP contribution >= 0.6 is 0 Å². The van der Waals surface area contributed by atoms with Gasteiger partial charge in [0.25, 0.3) is 5.69 Å². The normalized spacial score (nSPS) is 18.5. The van der Waals surface area contributed by atoms with Crippen molar-refractivity contribution in [1.29, 1.82) is 0 Å². The molecule has 0 aliphatic carbocycles. The summed E-state index contributed by atoms with van der Waals surface area (Å²) in [5.74, 6) is 0. The van der Waals surface area contributed by atoms with Gasteiger partial charge >= 0.3 is 0 Å². The summed E-state index contributed by atoms with van der Waals surface area (Å²) in [5, 5.41) is 20.5. The Hall–Kier alpha value is -1.66. The predicted octanol–water partition coefficient (Wildman–Crippen LogP) is 2.01. The van der Waals surface area contributed by atoms with Crippen LogP contribution in [0.1, 0.15) is 25.8 Å². The molecule has 21 heavy (non-hydrogen) atoms. The largest absolute Gasteiger partial charge is 0.392 e. The smallest absolute Gasteiger partial charge is 0.292 e. The standard InChI is InChI=1S/C15H23N3O3/c1-3-16(4-2)13-7-8-17(10-13)15-9-12(11-19)5-6-14(15)18(20)21/h5-6,9,13,19H,3-4,7-8,10-11H2,1-2H3. The van der Waals surface area contributed by atoms with E-state index in [2.05, 4.69) is 23.6 Å². The second-order valence-corrected chi connectivity index (χ2v) is 5.35. The molecule has 1 aromatic rings. The van der Waals surface area contributed by atoms with Gasteiger partial charge in [0.15, 0.2) is 0 Å². The van der Waals surface area contributed by atoms with Crippen molar-refractivity contribution in [3.8, 4) is 0 Å². The molecule has 1 heterocycles. The van der Waals surface area contributed by atoms with Crippen LogP contribution in [0.4, 0.5) is 11.4 Å². The minimum atomic E-state index is -0.346. The van der Waals surface area contributed by atoms with Crippen LogP contribution in [0.3, 0.4) is 0 Å². The van der Waals surface area contributed by atoms with Crippen LogP contribution < -0.4 is 4.90 Å². The highest BCUT2D eigenvalue weighted by Crippen LogP contribution is 2.32. The van der Waals surface area contributed by atoms with Crippen molar-refractivity contribution in [1.82, 2.24) is 4.90 Å². The lowest BCUT2D eigenvalue weighted by Crippen LogP contribution is -2.37. The van der Waals surface area contributed by atoms with E-state index < -0.39 is 0 Å². The fourth-order valence-electron chi connectivity index (χ4n) is 3.07. The van der Waals surface area contributed by atoms with Crippen molar-refractivity contribution in [2.45, 2.75) is 32.9 Å². The van der Waals surface area contributed by atoms with Gasteiger partial charge < -0.3 is 10.0 Å². The van der Waals surface area contributed by atoms with Gasteiger partial charge in [-0.05, 0) is 37.2 Å². The van der Waals surface area contributed by atoms with Crippen LogP contribution in [0.2, 0.25) is 0 Å². The van der Waals surface area contributed by atoms with Crippen molar-refractivity contribution in [3.63, 3.8) is 0 Å². The number of aliphatic hydroxyl groups excluding tert-OH is 1. The molecular formula is C15H23N3O3. The van der Waals surface area contributed by atoms with Gasteiger partial charge in [0, 0.05) is 25.2 Å². The van der Waals surface area contributed by atoms with Crippen LogP contribution in [-0.4, -0.2) is 47.2 Å². The van der Waals surface area contributed by atoms with Crippen LogP contribution in [0, 0.1) is 10.1 Å². The number of anilines is 1. The highest BCUT2D eigenvalue weighted by atomic mass is 16.6. The highest BCUT2D eigenvalue weighted by molar-refractivity contribution is 5.65. The zero-order chi connectivity index (χ0) is 15.4. The lowest BCUT2D eigenvalue weighted by molar-refractivity contribution is -0.384. The van der Waals surface area contributed by atoms with Crippen molar-refractivity contribution >= 4 is 11.4 Å². The van der Waals surface area contributed by atoms with Gasteiger partial charge in [0.1, 0.15) is 5.69 Å². The van der Waals surface area contributed by atoms with E-state index in [0.29, 0.717) is 17.3 Å². The maximum atomic E-state index is 11.2. The Labute approximate surface area is 125 Å². The van der Waals surface area contributed by atoms with Crippen LogP contribution in [0.25, 0.3) is 0 Å². The first-order chi connectivity index (χ1) is 10.1. The lowest BCUT2D eigenvalue weighted by Gasteiger charge is -2.26. The third-order valence-corrected chi connectivity index (χ3v) is 4.25. The molecule has 1 aliphatic rings. The van der Waals surface area contributed by atoms with Crippen molar-refractivity contribution in [2.75, 3.05) is 31.1 Å². The van der Waals surface area contributed by atoms with E-state index in [-0.39, 0.29) is 17.2 Å². The number of rotatable bonds is 6. The molecule has 6 nitrogen and oxygen atoms in total. The molecule has 0 amide bonds. The monoisotopic (exact) mass is 293 g/mol. The van der Waals surface area contributed by atoms with Crippen molar-refractivity contribution in [3.05, 3.63) is 33.9 Å². The Kier molecular flexibility index (Phi) is 5.14. The molecule has 1 unspecified atom stereocenters. The number of likely N-dealkylation sites (N-methyl/N-ethyl adjacent to an activating group) is 1. The molecule has 6 heteroatoms. The van der Waals surface area contributed by atoms with Crippen LogP contribution in [-0.2, 0) is 6.61 Å². The third-order valence-electron chi connectivity index (χ3n) is 4.25. The quantitative estimate of drug-likeness (QED) is 0.642. The van der Waals surface area contributed by atoms with E-state index in [1.165, 1.54) is 6.07 Å². The van der Waals surface area contributed by atoms with Crippen molar-refractivity contribution in [2.24, 2.45) is 0 Å². The number of benzene rings is 1. The second-order valence-electron chi connectivity index (χ2n) is 5.35. The molecular weight excluding hydrogens is 270 g/mol. The minimum Gasteiger partial charge on any atom is -0.392 e. The number of nitrogens with zero attached hydrogens (tertiary/aromatic N) is 3. The molecule has 0 spiro atoms. The SMILES string of the molecule is CCN(CC)C1CCN(c2cc(CO)ccc2[N+](=O)[O-])C1. The predicted molar refractivity (Wildman–Crippen MR) is 82.6 cm³/mol. The maximum Gasteiger partial charge on any atom is 0.292 e. The first-order valence-electron chi connectivity index (χ1n) is 7.47. The van der Waals surface area contributed by atoms with Gasteiger partial charge in [0.05, 0.1) is 11.5 Å².